The number of alkyl halides is 3. The second kappa shape index (κ2) is 3.94. The standard InChI is InChI=1S/C4H4Cl3NOS2/c5-4(6,7)11-8-1-3(9)10-2-8/h1-2H2. The van der Waals surface area contributed by atoms with Gasteiger partial charge in [-0.25, -0.2) is 4.31 Å². The molecule has 0 atom stereocenters. The van der Waals surface area contributed by atoms with Crippen molar-refractivity contribution in [2.24, 2.45) is 0 Å². The summed E-state index contributed by atoms with van der Waals surface area (Å²) in [6, 6.07) is 0. The molecule has 0 aliphatic carbocycles. The van der Waals surface area contributed by atoms with Crippen molar-refractivity contribution in [2.45, 2.75) is 3.12 Å². The molecule has 0 aromatic carbocycles. The van der Waals surface area contributed by atoms with Crippen LogP contribution in [0.4, 0.5) is 0 Å². The summed E-state index contributed by atoms with van der Waals surface area (Å²) in [5, 5.41) is 0.117. The molecule has 1 aliphatic heterocycles. The third-order valence-electron chi connectivity index (χ3n) is 0.908. The number of hydrogen-bond donors (Lipinski definition) is 0. The molecule has 2 nitrogen and oxygen atoms in total. The first kappa shape index (κ1) is 10.3. The number of nitrogens with zero attached hydrogens (tertiary/aromatic N) is 1. The molecule has 0 N–H and O–H groups in total. The topological polar surface area (TPSA) is 20.3 Å². The van der Waals surface area contributed by atoms with Crippen LogP contribution < -0.4 is 0 Å². The number of halogens is 3. The van der Waals surface area contributed by atoms with Gasteiger partial charge in [0.2, 0.25) is 5.12 Å². The van der Waals surface area contributed by atoms with Crippen molar-refractivity contribution in [1.29, 1.82) is 0 Å². The molecule has 11 heavy (non-hydrogen) atoms. The first-order valence-corrected chi connectivity index (χ1v) is 5.53. The van der Waals surface area contributed by atoms with E-state index in [-0.39, 0.29) is 5.12 Å². The van der Waals surface area contributed by atoms with Crippen LogP contribution in [0, 0.1) is 0 Å². The van der Waals surface area contributed by atoms with Crippen molar-refractivity contribution < 1.29 is 4.79 Å². The zero-order chi connectivity index (χ0) is 8.48. The zero-order valence-electron chi connectivity index (χ0n) is 5.22. The van der Waals surface area contributed by atoms with Crippen LogP contribution in [0.2, 0.25) is 0 Å². The normalized spacial score (nSPS) is 21.2. The fourth-order valence-electron chi connectivity index (χ4n) is 0.584. The van der Waals surface area contributed by atoms with Gasteiger partial charge in [-0.1, -0.05) is 46.6 Å². The number of carbonyl (C=O) groups excluding carboxylic acids is 1. The number of carbonyl (C=O) groups is 1. The van der Waals surface area contributed by atoms with E-state index in [1.807, 2.05) is 0 Å². The van der Waals surface area contributed by atoms with E-state index in [4.69, 9.17) is 34.8 Å². The zero-order valence-corrected chi connectivity index (χ0v) is 9.12. The molecular weight excluding hydrogens is 249 g/mol. The fourth-order valence-corrected chi connectivity index (χ4v) is 3.01. The third-order valence-corrected chi connectivity index (χ3v) is 3.31. The van der Waals surface area contributed by atoms with E-state index in [2.05, 4.69) is 0 Å². The quantitative estimate of drug-likeness (QED) is 0.528. The molecular formula is C4H4Cl3NOS2. The van der Waals surface area contributed by atoms with E-state index < -0.39 is 3.12 Å². The summed E-state index contributed by atoms with van der Waals surface area (Å²) in [7, 11) is 0. The average molecular weight is 253 g/mol. The van der Waals surface area contributed by atoms with Crippen LogP contribution in [0.15, 0.2) is 0 Å². The first-order chi connectivity index (χ1) is 4.97. The van der Waals surface area contributed by atoms with Gasteiger partial charge in [-0.15, -0.1) is 0 Å². The van der Waals surface area contributed by atoms with Crippen LogP contribution in [-0.2, 0) is 4.79 Å². The summed E-state index contributed by atoms with van der Waals surface area (Å²) < 4.78 is 0.366. The second-order valence-electron chi connectivity index (χ2n) is 1.82. The molecule has 0 spiro atoms. The lowest BCUT2D eigenvalue weighted by atomic mass is 10.7. The average Bonchev–Trinajstić information content (AvgIpc) is 2.10. The van der Waals surface area contributed by atoms with Crippen molar-refractivity contribution in [1.82, 2.24) is 4.31 Å². The van der Waals surface area contributed by atoms with Gasteiger partial charge >= 0.3 is 0 Å². The summed E-state index contributed by atoms with van der Waals surface area (Å²) in [5.74, 6) is 0.595. The highest BCUT2D eigenvalue weighted by Crippen LogP contribution is 2.42. The van der Waals surface area contributed by atoms with Gasteiger partial charge in [-0.3, -0.25) is 4.79 Å². The van der Waals surface area contributed by atoms with Crippen molar-refractivity contribution in [3.63, 3.8) is 0 Å². The minimum atomic E-state index is -1.36. The van der Waals surface area contributed by atoms with Gasteiger partial charge in [0.1, 0.15) is 0 Å². The molecule has 1 fully saturated rings. The van der Waals surface area contributed by atoms with Crippen LogP contribution in [0.5, 0.6) is 0 Å². The van der Waals surface area contributed by atoms with Crippen LogP contribution >= 0.6 is 58.5 Å². The SMILES string of the molecule is O=C1CN(SC(Cl)(Cl)Cl)CS1. The summed E-state index contributed by atoms with van der Waals surface area (Å²) in [6.45, 7) is 0.350. The maximum Gasteiger partial charge on any atom is 0.251 e. The van der Waals surface area contributed by atoms with Gasteiger partial charge in [0, 0.05) is 0 Å². The lowest BCUT2D eigenvalue weighted by Crippen LogP contribution is -2.16. The summed E-state index contributed by atoms with van der Waals surface area (Å²) >= 11 is 18.8. The number of hydrogen-bond acceptors (Lipinski definition) is 4. The highest BCUT2D eigenvalue weighted by atomic mass is 35.6. The Hall–Kier alpha value is 1.20. The Morgan fingerprint density at radius 2 is 2.18 bits per heavy atom. The maximum atomic E-state index is 10.7. The van der Waals surface area contributed by atoms with E-state index in [1.165, 1.54) is 11.8 Å². The van der Waals surface area contributed by atoms with E-state index in [1.54, 1.807) is 4.31 Å². The molecule has 0 bridgehead atoms. The molecule has 0 unspecified atom stereocenters. The Morgan fingerprint density at radius 3 is 2.55 bits per heavy atom. The Balaban J connectivity index is 2.34. The highest BCUT2D eigenvalue weighted by Gasteiger charge is 2.30. The minimum absolute atomic E-state index is 0.117. The molecule has 64 valence electrons. The van der Waals surface area contributed by atoms with Crippen molar-refractivity contribution in [2.75, 3.05) is 12.4 Å². The van der Waals surface area contributed by atoms with E-state index in [0.29, 0.717) is 12.4 Å². The Labute approximate surface area is 88.0 Å². The molecule has 0 aromatic rings. The summed E-state index contributed by atoms with van der Waals surface area (Å²) in [5.41, 5.74) is 0. The van der Waals surface area contributed by atoms with Crippen LogP contribution in [-0.4, -0.2) is 25.0 Å². The Bertz CT molecular complexity index is 171. The largest absolute Gasteiger partial charge is 0.286 e. The van der Waals surface area contributed by atoms with Gasteiger partial charge in [0.05, 0.1) is 12.4 Å². The van der Waals surface area contributed by atoms with Gasteiger partial charge in [-0.05, 0) is 11.9 Å². The molecule has 1 aliphatic rings. The van der Waals surface area contributed by atoms with E-state index in [0.717, 1.165) is 11.9 Å². The Kier molecular flexibility index (Phi) is 3.68. The smallest absolute Gasteiger partial charge is 0.251 e. The van der Waals surface area contributed by atoms with E-state index in [9.17, 15) is 4.79 Å². The molecule has 0 radical (unpaired) electrons. The van der Waals surface area contributed by atoms with Crippen molar-refractivity contribution in [3.8, 4) is 0 Å². The van der Waals surface area contributed by atoms with Crippen LogP contribution in [0.3, 0.4) is 0 Å². The van der Waals surface area contributed by atoms with Gasteiger partial charge in [0.15, 0.2) is 0 Å². The number of rotatable bonds is 1. The predicted octanol–water partition coefficient (Wildman–Crippen LogP) is 2.50. The molecule has 1 saturated heterocycles. The van der Waals surface area contributed by atoms with Crippen LogP contribution in [0.1, 0.15) is 0 Å². The minimum Gasteiger partial charge on any atom is -0.286 e. The molecule has 1 rings (SSSR count). The predicted molar refractivity (Wildman–Crippen MR) is 52.1 cm³/mol. The lowest BCUT2D eigenvalue weighted by molar-refractivity contribution is -0.110. The molecule has 7 heteroatoms. The second-order valence-corrected chi connectivity index (χ2v) is 7.09. The van der Waals surface area contributed by atoms with Gasteiger partial charge < -0.3 is 0 Å². The maximum absolute atomic E-state index is 10.7. The van der Waals surface area contributed by atoms with Crippen molar-refractivity contribution >= 4 is 63.6 Å². The monoisotopic (exact) mass is 251 g/mol. The Morgan fingerprint density at radius 1 is 1.55 bits per heavy atom. The highest BCUT2D eigenvalue weighted by molar-refractivity contribution is 8.15. The summed E-state index contributed by atoms with van der Waals surface area (Å²) in [4.78, 5) is 10.7. The van der Waals surface area contributed by atoms with Crippen molar-refractivity contribution in [3.05, 3.63) is 0 Å². The number of thioether (sulfide) groups is 1. The fraction of sp³-hybridized carbons (Fsp3) is 0.750. The van der Waals surface area contributed by atoms with E-state index >= 15 is 0 Å². The molecule has 0 saturated carbocycles. The summed E-state index contributed by atoms with van der Waals surface area (Å²) in [6.07, 6.45) is 0. The first-order valence-electron chi connectivity index (χ1n) is 2.64. The van der Waals surface area contributed by atoms with Gasteiger partial charge in [-0.2, -0.15) is 0 Å². The van der Waals surface area contributed by atoms with Crippen LogP contribution in [0.25, 0.3) is 0 Å². The molecule has 0 amide bonds. The molecule has 1 heterocycles. The van der Waals surface area contributed by atoms with Gasteiger partial charge in [0.25, 0.3) is 3.12 Å². The lowest BCUT2D eigenvalue weighted by Gasteiger charge is -2.16. The molecule has 0 aromatic heterocycles. The third kappa shape index (κ3) is 4.10.